The van der Waals surface area contributed by atoms with Gasteiger partial charge in [0.15, 0.2) is 6.10 Å². The van der Waals surface area contributed by atoms with Crippen molar-refractivity contribution in [2.24, 2.45) is 5.73 Å². The van der Waals surface area contributed by atoms with Gasteiger partial charge in [-0.15, -0.1) is 0 Å². The lowest BCUT2D eigenvalue weighted by atomic mass is 10.0. The van der Waals surface area contributed by atoms with Gasteiger partial charge in [-0.1, -0.05) is 303 Å². The van der Waals surface area contributed by atoms with Crippen LogP contribution in [0.1, 0.15) is 328 Å². The summed E-state index contributed by atoms with van der Waals surface area (Å²) in [4.78, 5) is 35.1. The monoisotopic (exact) mass is 986 g/mol. The molecule has 0 spiro atoms. The van der Waals surface area contributed by atoms with Crippen LogP contribution in [0, 0.1) is 0 Å². The maximum Gasteiger partial charge on any atom is 0.472 e. The first kappa shape index (κ1) is 67.0. The van der Waals surface area contributed by atoms with Crippen LogP contribution < -0.4 is 5.73 Å². The van der Waals surface area contributed by atoms with E-state index in [1.54, 1.807) is 0 Å². The molecule has 0 heterocycles. The molecule has 0 radical (unpaired) electrons. The molecule has 0 amide bonds. The molecular formula is C58H116NO8P. The lowest BCUT2D eigenvalue weighted by molar-refractivity contribution is -0.161. The minimum Gasteiger partial charge on any atom is -0.462 e. The summed E-state index contributed by atoms with van der Waals surface area (Å²) in [6, 6.07) is 0. The molecule has 2 atom stereocenters. The van der Waals surface area contributed by atoms with Crippen molar-refractivity contribution >= 4 is 19.8 Å². The Labute approximate surface area is 422 Å². The average molecular weight is 987 g/mol. The van der Waals surface area contributed by atoms with Gasteiger partial charge in [-0.05, 0) is 12.8 Å². The highest BCUT2D eigenvalue weighted by molar-refractivity contribution is 7.47. The molecule has 0 aromatic rings. The summed E-state index contributed by atoms with van der Waals surface area (Å²) in [7, 11) is -4.38. The summed E-state index contributed by atoms with van der Waals surface area (Å²) in [6.45, 7) is 3.82. The SMILES string of the molecule is CCCCCCCCCCCCCCCCCCCCCCCCCCCCCCCCCCC(=O)OC(COC(=O)CCCCCCCCCCCCCCCCC)COP(=O)(O)OCCN. The van der Waals surface area contributed by atoms with Crippen LogP contribution in [0.2, 0.25) is 0 Å². The minimum absolute atomic E-state index is 0.0585. The van der Waals surface area contributed by atoms with Crippen LogP contribution in [0.15, 0.2) is 0 Å². The number of hydrogen-bond donors (Lipinski definition) is 2. The second-order valence-electron chi connectivity index (χ2n) is 20.6. The summed E-state index contributed by atoms with van der Waals surface area (Å²) >= 11 is 0. The van der Waals surface area contributed by atoms with Crippen LogP contribution in [-0.2, 0) is 32.7 Å². The molecule has 0 bridgehead atoms. The summed E-state index contributed by atoms with van der Waals surface area (Å²) in [5, 5.41) is 0. The van der Waals surface area contributed by atoms with E-state index in [2.05, 4.69) is 13.8 Å². The summed E-state index contributed by atoms with van der Waals surface area (Å²) in [6.07, 6.45) is 61.8. The van der Waals surface area contributed by atoms with Crippen molar-refractivity contribution in [1.29, 1.82) is 0 Å². The van der Waals surface area contributed by atoms with Gasteiger partial charge >= 0.3 is 19.8 Å². The Morgan fingerprint density at radius 1 is 0.382 bits per heavy atom. The first-order valence-electron chi connectivity index (χ1n) is 30.0. The van der Waals surface area contributed by atoms with E-state index in [4.69, 9.17) is 24.3 Å². The van der Waals surface area contributed by atoms with Crippen molar-refractivity contribution < 1.29 is 37.6 Å². The lowest BCUT2D eigenvalue weighted by Gasteiger charge is -2.19. The fraction of sp³-hybridized carbons (Fsp3) is 0.966. The maximum absolute atomic E-state index is 12.7. The van der Waals surface area contributed by atoms with Gasteiger partial charge in [-0.25, -0.2) is 4.57 Å². The van der Waals surface area contributed by atoms with Gasteiger partial charge < -0.3 is 20.1 Å². The van der Waals surface area contributed by atoms with E-state index in [9.17, 15) is 19.0 Å². The molecule has 9 nitrogen and oxygen atoms in total. The molecule has 406 valence electrons. The number of phosphoric ester groups is 1. The molecule has 0 fully saturated rings. The number of carbonyl (C=O) groups is 2. The molecule has 0 aliphatic rings. The van der Waals surface area contributed by atoms with Crippen molar-refractivity contribution in [3.05, 3.63) is 0 Å². The van der Waals surface area contributed by atoms with Crippen molar-refractivity contribution in [3.63, 3.8) is 0 Å². The van der Waals surface area contributed by atoms with E-state index >= 15 is 0 Å². The van der Waals surface area contributed by atoms with Gasteiger partial charge in [-0.3, -0.25) is 18.6 Å². The fourth-order valence-corrected chi connectivity index (χ4v) is 10.1. The molecule has 68 heavy (non-hydrogen) atoms. The Morgan fingerprint density at radius 3 is 0.897 bits per heavy atom. The number of esters is 2. The highest BCUT2D eigenvalue weighted by Gasteiger charge is 2.26. The Hall–Kier alpha value is -0.990. The quantitative estimate of drug-likeness (QED) is 0.0347. The average Bonchev–Trinajstić information content (AvgIpc) is 3.33. The number of unbranched alkanes of at least 4 members (excludes halogenated alkanes) is 45. The van der Waals surface area contributed by atoms with Gasteiger partial charge in [0.2, 0.25) is 0 Å². The molecule has 0 aromatic carbocycles. The molecule has 0 rings (SSSR count). The van der Waals surface area contributed by atoms with Gasteiger partial charge in [0.05, 0.1) is 13.2 Å². The zero-order valence-corrected chi connectivity index (χ0v) is 46.3. The topological polar surface area (TPSA) is 134 Å². The fourth-order valence-electron chi connectivity index (χ4n) is 9.29. The highest BCUT2D eigenvalue weighted by atomic mass is 31.2. The normalized spacial score (nSPS) is 12.9. The van der Waals surface area contributed by atoms with E-state index in [1.165, 1.54) is 263 Å². The summed E-state index contributed by atoms with van der Waals surface area (Å²) < 4.78 is 33.0. The number of nitrogens with two attached hydrogens (primary N) is 1. The number of hydrogen-bond acceptors (Lipinski definition) is 8. The molecule has 10 heteroatoms. The van der Waals surface area contributed by atoms with Crippen LogP contribution in [0.4, 0.5) is 0 Å². The summed E-state index contributed by atoms with van der Waals surface area (Å²) in [5.74, 6) is -0.804. The second kappa shape index (κ2) is 55.3. The molecule has 0 saturated heterocycles. The Kier molecular flexibility index (Phi) is 54.5. The third-order valence-corrected chi connectivity index (χ3v) is 14.7. The molecule has 0 aliphatic heterocycles. The zero-order valence-electron chi connectivity index (χ0n) is 45.4. The van der Waals surface area contributed by atoms with Gasteiger partial charge in [0.25, 0.3) is 0 Å². The molecule has 2 unspecified atom stereocenters. The zero-order chi connectivity index (χ0) is 49.5. The molecule has 3 N–H and O–H groups in total. The highest BCUT2D eigenvalue weighted by Crippen LogP contribution is 2.43. The van der Waals surface area contributed by atoms with Crippen LogP contribution in [0.25, 0.3) is 0 Å². The van der Waals surface area contributed by atoms with Crippen molar-refractivity contribution in [2.45, 2.75) is 335 Å². The van der Waals surface area contributed by atoms with Crippen molar-refractivity contribution in [2.75, 3.05) is 26.4 Å². The molecule has 0 aliphatic carbocycles. The standard InChI is InChI=1S/C58H116NO8P/c1-3-5-7-9-11-13-15-17-19-20-21-22-23-24-25-26-27-28-29-30-31-32-33-34-35-37-39-41-43-45-47-49-51-58(61)67-56(55-66-68(62,63)65-53-52-59)54-64-57(60)50-48-46-44-42-40-38-36-18-16-14-12-10-8-6-4-2/h56H,3-55,59H2,1-2H3,(H,62,63). The van der Waals surface area contributed by atoms with E-state index < -0.39 is 26.5 Å². The smallest absolute Gasteiger partial charge is 0.462 e. The first-order chi connectivity index (χ1) is 33.3. The Morgan fingerprint density at radius 2 is 0.632 bits per heavy atom. The van der Waals surface area contributed by atoms with E-state index in [1.807, 2.05) is 0 Å². The number of phosphoric acid groups is 1. The number of rotatable bonds is 58. The largest absolute Gasteiger partial charge is 0.472 e. The molecule has 0 saturated carbocycles. The van der Waals surface area contributed by atoms with Crippen LogP contribution in [-0.4, -0.2) is 49.3 Å². The third-order valence-electron chi connectivity index (χ3n) is 13.7. The first-order valence-corrected chi connectivity index (χ1v) is 31.5. The number of carbonyl (C=O) groups excluding carboxylic acids is 2. The van der Waals surface area contributed by atoms with Gasteiger partial charge in [0.1, 0.15) is 6.61 Å². The molecule has 0 aromatic heterocycles. The Bertz CT molecular complexity index is 1080. The lowest BCUT2D eigenvalue weighted by Crippen LogP contribution is -2.29. The summed E-state index contributed by atoms with van der Waals surface area (Å²) in [5.41, 5.74) is 5.38. The predicted octanol–water partition coefficient (Wildman–Crippen LogP) is 18.7. The Balaban J connectivity index is 3.80. The van der Waals surface area contributed by atoms with Crippen LogP contribution >= 0.6 is 7.82 Å². The van der Waals surface area contributed by atoms with E-state index in [-0.39, 0.29) is 38.6 Å². The van der Waals surface area contributed by atoms with Crippen molar-refractivity contribution in [3.8, 4) is 0 Å². The van der Waals surface area contributed by atoms with Gasteiger partial charge in [0, 0.05) is 19.4 Å². The van der Waals surface area contributed by atoms with Crippen LogP contribution in [0.5, 0.6) is 0 Å². The van der Waals surface area contributed by atoms with Crippen LogP contribution in [0.3, 0.4) is 0 Å². The van der Waals surface area contributed by atoms with Gasteiger partial charge in [-0.2, -0.15) is 0 Å². The van der Waals surface area contributed by atoms with E-state index in [0.717, 1.165) is 32.1 Å². The molecular weight excluding hydrogens is 870 g/mol. The second-order valence-corrected chi connectivity index (χ2v) is 22.0. The van der Waals surface area contributed by atoms with Crippen molar-refractivity contribution in [1.82, 2.24) is 0 Å². The predicted molar refractivity (Wildman–Crippen MR) is 289 cm³/mol. The maximum atomic E-state index is 12.7. The minimum atomic E-state index is -4.38. The van der Waals surface area contributed by atoms with E-state index in [0.29, 0.717) is 6.42 Å². The third kappa shape index (κ3) is 54.3. The number of ether oxygens (including phenoxy) is 2.